The monoisotopic (exact) mass is 392 g/mol. The Kier molecular flexibility index (Phi) is 10.2. The van der Waals surface area contributed by atoms with Gasteiger partial charge in [0.15, 0.2) is 0 Å². The number of carboxylic acids is 1. The maximum absolute atomic E-state index is 12.6. The van der Waals surface area contributed by atoms with Crippen molar-refractivity contribution in [2.45, 2.75) is 57.7 Å². The summed E-state index contributed by atoms with van der Waals surface area (Å²) in [7, 11) is 0. The average Bonchev–Trinajstić information content (AvgIpc) is 2.65. The number of aliphatic carboxylic acids is 1. The molecule has 0 aliphatic heterocycles. The third-order valence-electron chi connectivity index (χ3n) is 4.45. The van der Waals surface area contributed by atoms with E-state index in [0.717, 1.165) is 5.56 Å². The van der Waals surface area contributed by atoms with E-state index in [1.54, 1.807) is 13.8 Å². The predicted molar refractivity (Wildman–Crippen MR) is 107 cm³/mol. The van der Waals surface area contributed by atoms with Gasteiger partial charge in [-0.2, -0.15) is 0 Å². The lowest BCUT2D eigenvalue weighted by Gasteiger charge is -2.24. The number of hydrogen-bond donors (Lipinski definition) is 5. The van der Waals surface area contributed by atoms with Crippen LogP contribution in [0, 0.1) is 5.92 Å². The number of benzene rings is 1. The Morgan fingerprint density at radius 2 is 1.68 bits per heavy atom. The summed E-state index contributed by atoms with van der Waals surface area (Å²) in [5.41, 5.74) is 12.4. The fourth-order valence-electron chi connectivity index (χ4n) is 2.77. The fourth-order valence-corrected chi connectivity index (χ4v) is 2.77. The van der Waals surface area contributed by atoms with Crippen LogP contribution in [0.4, 0.5) is 0 Å². The van der Waals surface area contributed by atoms with Crippen LogP contribution in [0.5, 0.6) is 0 Å². The highest BCUT2D eigenvalue weighted by molar-refractivity contribution is 5.91. The lowest BCUT2D eigenvalue weighted by molar-refractivity contribution is -0.143. The van der Waals surface area contributed by atoms with Crippen LogP contribution in [0.3, 0.4) is 0 Å². The van der Waals surface area contributed by atoms with E-state index in [2.05, 4.69) is 10.6 Å². The van der Waals surface area contributed by atoms with Gasteiger partial charge in [0.1, 0.15) is 12.1 Å². The van der Waals surface area contributed by atoms with Crippen LogP contribution >= 0.6 is 0 Å². The maximum Gasteiger partial charge on any atom is 0.326 e. The molecule has 0 aliphatic rings. The van der Waals surface area contributed by atoms with Gasteiger partial charge >= 0.3 is 5.97 Å². The Morgan fingerprint density at radius 1 is 1.04 bits per heavy atom. The molecular formula is C20H32N4O4. The van der Waals surface area contributed by atoms with Crippen molar-refractivity contribution in [2.75, 3.05) is 6.54 Å². The topological polar surface area (TPSA) is 148 Å². The molecule has 1 aromatic carbocycles. The first-order valence-electron chi connectivity index (χ1n) is 9.59. The molecule has 0 fully saturated rings. The zero-order valence-electron chi connectivity index (χ0n) is 16.6. The van der Waals surface area contributed by atoms with Crippen LogP contribution in [0.2, 0.25) is 0 Å². The fraction of sp³-hybridized carbons (Fsp3) is 0.550. The highest BCUT2D eigenvalue weighted by Crippen LogP contribution is 2.07. The summed E-state index contributed by atoms with van der Waals surface area (Å²) in [6.07, 6.45) is 2.02. The van der Waals surface area contributed by atoms with Crippen molar-refractivity contribution in [1.82, 2.24) is 10.6 Å². The van der Waals surface area contributed by atoms with E-state index >= 15 is 0 Å². The number of nitrogens with one attached hydrogen (secondary N) is 2. The Bertz CT molecular complexity index is 636. The molecule has 8 nitrogen and oxygen atoms in total. The summed E-state index contributed by atoms with van der Waals surface area (Å²) < 4.78 is 0. The van der Waals surface area contributed by atoms with Crippen LogP contribution in [0.1, 0.15) is 38.7 Å². The molecule has 0 bridgehead atoms. The molecule has 0 radical (unpaired) electrons. The van der Waals surface area contributed by atoms with Crippen LogP contribution < -0.4 is 22.1 Å². The van der Waals surface area contributed by atoms with Gasteiger partial charge in [-0.1, -0.05) is 44.2 Å². The van der Waals surface area contributed by atoms with E-state index in [0.29, 0.717) is 32.2 Å². The van der Waals surface area contributed by atoms with E-state index in [1.807, 2.05) is 30.3 Å². The first kappa shape index (κ1) is 23.6. The van der Waals surface area contributed by atoms with Gasteiger partial charge in [0.25, 0.3) is 0 Å². The Hall–Kier alpha value is -2.45. The van der Waals surface area contributed by atoms with Gasteiger partial charge in [-0.25, -0.2) is 4.79 Å². The van der Waals surface area contributed by atoms with Gasteiger partial charge in [-0.3, -0.25) is 9.59 Å². The van der Waals surface area contributed by atoms with Crippen molar-refractivity contribution >= 4 is 17.8 Å². The smallest absolute Gasteiger partial charge is 0.326 e. The van der Waals surface area contributed by atoms with Gasteiger partial charge in [0, 0.05) is 0 Å². The van der Waals surface area contributed by atoms with E-state index < -0.39 is 35.9 Å². The van der Waals surface area contributed by atoms with E-state index in [1.165, 1.54) is 0 Å². The second-order valence-electron chi connectivity index (χ2n) is 7.21. The highest BCUT2D eigenvalue weighted by atomic mass is 16.4. The molecule has 0 spiro atoms. The predicted octanol–water partition coefficient (Wildman–Crippen LogP) is 0.396. The first-order chi connectivity index (χ1) is 13.3. The van der Waals surface area contributed by atoms with E-state index in [-0.39, 0.29) is 5.92 Å². The zero-order valence-corrected chi connectivity index (χ0v) is 16.6. The molecule has 3 atom stereocenters. The second-order valence-corrected chi connectivity index (χ2v) is 7.21. The molecule has 0 aromatic heterocycles. The van der Waals surface area contributed by atoms with Crippen LogP contribution in [-0.4, -0.2) is 47.6 Å². The summed E-state index contributed by atoms with van der Waals surface area (Å²) >= 11 is 0. The summed E-state index contributed by atoms with van der Waals surface area (Å²) in [5, 5.41) is 14.5. The van der Waals surface area contributed by atoms with Crippen molar-refractivity contribution in [1.29, 1.82) is 0 Å². The summed E-state index contributed by atoms with van der Waals surface area (Å²) in [6.45, 7) is 3.88. The molecule has 0 heterocycles. The van der Waals surface area contributed by atoms with Gasteiger partial charge in [-0.05, 0) is 43.7 Å². The Morgan fingerprint density at radius 3 is 2.21 bits per heavy atom. The standard InChI is InChI=1S/C20H32N4O4/c1-13(2)17(20(27)28)24-19(26)16(10-6-7-11-21)23-18(25)15(22)12-14-8-4-3-5-9-14/h3-5,8-9,13,15-17H,6-7,10-12,21-22H2,1-2H3,(H,23,25)(H,24,26)(H,27,28)/t15-,16-,17-/m0/s1. The Labute approximate surface area is 166 Å². The minimum atomic E-state index is -1.11. The molecule has 28 heavy (non-hydrogen) atoms. The molecule has 1 rings (SSSR count). The maximum atomic E-state index is 12.6. The number of amides is 2. The third kappa shape index (κ3) is 8.06. The van der Waals surface area contributed by atoms with Gasteiger partial charge in [0.05, 0.1) is 6.04 Å². The van der Waals surface area contributed by atoms with Crippen molar-refractivity contribution < 1.29 is 19.5 Å². The number of carbonyl (C=O) groups is 3. The number of rotatable bonds is 12. The van der Waals surface area contributed by atoms with Crippen LogP contribution in [0.15, 0.2) is 30.3 Å². The molecule has 0 unspecified atom stereocenters. The largest absolute Gasteiger partial charge is 0.480 e. The number of nitrogens with two attached hydrogens (primary N) is 2. The highest BCUT2D eigenvalue weighted by Gasteiger charge is 2.29. The molecule has 2 amide bonds. The quantitative estimate of drug-likeness (QED) is 0.325. The molecule has 7 N–H and O–H groups in total. The van der Waals surface area contributed by atoms with Crippen LogP contribution in [-0.2, 0) is 20.8 Å². The van der Waals surface area contributed by atoms with Gasteiger partial charge < -0.3 is 27.2 Å². The van der Waals surface area contributed by atoms with Gasteiger partial charge in [-0.15, -0.1) is 0 Å². The number of carbonyl (C=O) groups excluding carboxylic acids is 2. The van der Waals surface area contributed by atoms with E-state index in [4.69, 9.17) is 11.5 Å². The molecule has 1 aromatic rings. The Balaban J connectivity index is 2.77. The molecule has 156 valence electrons. The molecule has 8 heteroatoms. The minimum absolute atomic E-state index is 0.290. The summed E-state index contributed by atoms with van der Waals surface area (Å²) in [5.74, 6) is -2.38. The summed E-state index contributed by atoms with van der Waals surface area (Å²) in [6, 6.07) is 6.65. The lowest BCUT2D eigenvalue weighted by atomic mass is 10.0. The summed E-state index contributed by atoms with van der Waals surface area (Å²) in [4.78, 5) is 36.5. The lowest BCUT2D eigenvalue weighted by Crippen LogP contribution is -2.55. The van der Waals surface area contributed by atoms with Crippen molar-refractivity contribution in [3.05, 3.63) is 35.9 Å². The SMILES string of the molecule is CC(C)[C@H](NC(=O)[C@H](CCCCN)NC(=O)[C@@H](N)Cc1ccccc1)C(=O)O. The van der Waals surface area contributed by atoms with Crippen molar-refractivity contribution in [3.8, 4) is 0 Å². The number of hydrogen-bond acceptors (Lipinski definition) is 5. The normalized spacial score (nSPS) is 14.2. The molecule has 0 saturated heterocycles. The minimum Gasteiger partial charge on any atom is -0.480 e. The second kappa shape index (κ2) is 12.1. The first-order valence-corrected chi connectivity index (χ1v) is 9.59. The van der Waals surface area contributed by atoms with Crippen molar-refractivity contribution in [3.63, 3.8) is 0 Å². The number of unbranched alkanes of at least 4 members (excludes halogenated alkanes) is 1. The van der Waals surface area contributed by atoms with E-state index in [9.17, 15) is 19.5 Å². The molecular weight excluding hydrogens is 360 g/mol. The third-order valence-corrected chi connectivity index (χ3v) is 4.45. The van der Waals surface area contributed by atoms with Crippen LogP contribution in [0.25, 0.3) is 0 Å². The van der Waals surface area contributed by atoms with Gasteiger partial charge in [0.2, 0.25) is 11.8 Å². The molecule has 0 aliphatic carbocycles. The zero-order chi connectivity index (χ0) is 21.1. The molecule has 0 saturated carbocycles. The van der Waals surface area contributed by atoms with Crippen molar-refractivity contribution in [2.24, 2.45) is 17.4 Å². The number of carboxylic acid groups (broad SMARTS) is 1. The average molecular weight is 393 g/mol.